The van der Waals surface area contributed by atoms with Crippen LogP contribution in [0.3, 0.4) is 0 Å². The highest BCUT2D eigenvalue weighted by Crippen LogP contribution is 2.60. The lowest BCUT2D eigenvalue weighted by molar-refractivity contribution is -0.289. The summed E-state index contributed by atoms with van der Waals surface area (Å²) >= 11 is 0. The van der Waals surface area contributed by atoms with Crippen LogP contribution in [-0.4, -0.2) is 63.5 Å². The first-order valence-electron chi connectivity index (χ1n) is 12.1. The van der Waals surface area contributed by atoms with Gasteiger partial charge in [0.2, 0.25) is 0 Å². The topological polar surface area (TPSA) is 88.1 Å². The van der Waals surface area contributed by atoms with Gasteiger partial charge in [-0.15, -0.1) is 0 Å². The summed E-state index contributed by atoms with van der Waals surface area (Å²) in [4.78, 5) is 12.4. The van der Waals surface area contributed by atoms with Gasteiger partial charge in [0, 0.05) is 11.8 Å². The van der Waals surface area contributed by atoms with Crippen molar-refractivity contribution in [2.24, 2.45) is 23.2 Å². The first-order chi connectivity index (χ1) is 16.9. The van der Waals surface area contributed by atoms with E-state index in [1.54, 1.807) is 0 Å². The van der Waals surface area contributed by atoms with Crippen molar-refractivity contribution in [2.75, 3.05) is 19.8 Å². The van der Waals surface area contributed by atoms with Gasteiger partial charge in [-0.3, -0.25) is 4.18 Å². The lowest BCUT2D eigenvalue weighted by Gasteiger charge is -2.56. The molecule has 1 aliphatic heterocycles. The van der Waals surface area contributed by atoms with E-state index in [0.29, 0.717) is 25.7 Å². The van der Waals surface area contributed by atoms with E-state index in [-0.39, 0.29) is 31.0 Å². The van der Waals surface area contributed by atoms with Crippen LogP contribution >= 0.6 is 0 Å². The second kappa shape index (κ2) is 9.47. The van der Waals surface area contributed by atoms with Gasteiger partial charge in [-0.1, -0.05) is 0 Å². The third kappa shape index (κ3) is 5.60. The van der Waals surface area contributed by atoms with Crippen molar-refractivity contribution in [1.29, 1.82) is 0 Å². The quantitative estimate of drug-likeness (QED) is 0.236. The Morgan fingerprint density at radius 3 is 1.86 bits per heavy atom. The summed E-state index contributed by atoms with van der Waals surface area (Å²) in [5.41, 5.74) is -0.708. The molecule has 0 aromatic carbocycles. The molecule has 37 heavy (non-hydrogen) atoms. The van der Waals surface area contributed by atoms with Crippen LogP contribution in [0, 0.1) is 23.2 Å². The fourth-order valence-corrected chi connectivity index (χ4v) is 7.85. The van der Waals surface area contributed by atoms with Crippen molar-refractivity contribution in [3.63, 3.8) is 0 Å². The first-order valence-corrected chi connectivity index (χ1v) is 13.5. The number of halogens is 7. The van der Waals surface area contributed by atoms with Crippen LogP contribution in [0.25, 0.3) is 0 Å². The molecular weight excluding hydrogens is 541 g/mol. The molecule has 0 N–H and O–H groups in total. The van der Waals surface area contributed by atoms with Gasteiger partial charge in [0.25, 0.3) is 0 Å². The maximum Gasteiger partial charge on any atom is 0.451 e. The van der Waals surface area contributed by atoms with E-state index in [1.165, 1.54) is 0 Å². The minimum atomic E-state index is -6.91. The predicted octanol–water partition coefficient (Wildman–Crippen LogP) is 4.79. The van der Waals surface area contributed by atoms with Gasteiger partial charge in [-0.25, -0.2) is 9.18 Å². The Morgan fingerprint density at radius 2 is 1.43 bits per heavy atom. The molecule has 7 nitrogen and oxygen atoms in total. The number of alkyl halides is 7. The van der Waals surface area contributed by atoms with Gasteiger partial charge >= 0.3 is 33.4 Å². The van der Waals surface area contributed by atoms with Crippen LogP contribution in [-0.2, 0) is 33.3 Å². The molecule has 0 radical (unpaired) electrons. The minimum absolute atomic E-state index is 0.0694. The molecule has 0 spiro atoms. The normalized spacial score (nSPS) is 34.1. The maximum absolute atomic E-state index is 15.3. The number of carbonyl (C=O) groups is 1. The highest BCUT2D eigenvalue weighted by molar-refractivity contribution is 7.88. The summed E-state index contributed by atoms with van der Waals surface area (Å²) in [5.74, 6) is -4.08. The number of hydrogen-bond donors (Lipinski definition) is 0. The minimum Gasteiger partial charge on any atom is -0.462 e. The monoisotopic (exact) mass is 570 g/mol. The Hall–Kier alpha value is -1.19. The van der Waals surface area contributed by atoms with Gasteiger partial charge in [0.1, 0.15) is 0 Å². The number of carbonyl (C=O) groups excluding carboxylic acids is 1. The largest absolute Gasteiger partial charge is 0.462 e. The molecule has 2 atom stereocenters. The van der Waals surface area contributed by atoms with Crippen molar-refractivity contribution in [2.45, 2.75) is 87.5 Å². The zero-order valence-corrected chi connectivity index (χ0v) is 20.8. The molecule has 4 saturated carbocycles. The molecule has 4 bridgehead atoms. The third-order valence-electron chi connectivity index (χ3n) is 7.91. The molecule has 0 aromatic rings. The van der Waals surface area contributed by atoms with Crippen molar-refractivity contribution in [1.82, 2.24) is 0 Å². The van der Waals surface area contributed by atoms with E-state index in [9.17, 15) is 39.6 Å². The summed E-state index contributed by atoms with van der Waals surface area (Å²) in [6.45, 7) is 0.211. The van der Waals surface area contributed by atoms with Crippen LogP contribution in [0.1, 0.15) is 58.3 Å². The number of rotatable bonds is 8. The fourth-order valence-electron chi connectivity index (χ4n) is 6.69. The Bertz CT molecular complexity index is 940. The van der Waals surface area contributed by atoms with Crippen molar-refractivity contribution in [3.8, 4) is 0 Å². The Balaban J connectivity index is 1.54. The summed E-state index contributed by atoms with van der Waals surface area (Å²) in [5, 5.41) is -5.87. The maximum atomic E-state index is 15.3. The molecule has 0 aromatic heterocycles. The SMILES string of the molecule is CC1(CC(OS(=O)(=O)C(F)(C(=O)OCC23CC4CC(CC(C4)C2)C3)C(F)(F)F)C(F)(F)F)OCCCO1. The Labute approximate surface area is 209 Å². The molecule has 0 amide bonds. The smallest absolute Gasteiger partial charge is 0.451 e. The molecule has 214 valence electrons. The standard InChI is InChI=1S/C22H29F7O7S/c1-18(34-3-2-4-35-18)11-16(21(24,25)26)36-37(31,32)20(23,22(27,28)29)17(30)33-12-19-8-13-5-14(9-19)7-15(6-13)10-19/h13-16H,2-12H2,1H3. The van der Waals surface area contributed by atoms with Gasteiger partial charge in [-0.2, -0.15) is 34.8 Å². The third-order valence-corrected chi connectivity index (χ3v) is 9.49. The lowest BCUT2D eigenvalue weighted by Crippen LogP contribution is -2.58. The van der Waals surface area contributed by atoms with Crippen molar-refractivity contribution >= 4 is 16.1 Å². The molecular formula is C22H29F7O7S. The molecule has 5 aliphatic rings. The van der Waals surface area contributed by atoms with Crippen molar-refractivity contribution in [3.05, 3.63) is 0 Å². The summed E-state index contributed by atoms with van der Waals surface area (Å²) in [7, 11) is -6.91. The second-order valence-corrected chi connectivity index (χ2v) is 12.7. The Kier molecular flexibility index (Phi) is 7.38. The van der Waals surface area contributed by atoms with E-state index >= 15 is 4.39 Å². The number of hydrogen-bond acceptors (Lipinski definition) is 7. The average Bonchev–Trinajstić information content (AvgIpc) is 2.74. The second-order valence-electron chi connectivity index (χ2n) is 11.1. The first kappa shape index (κ1) is 28.8. The molecule has 2 unspecified atom stereocenters. The summed E-state index contributed by atoms with van der Waals surface area (Å²) in [6.07, 6.45) is -12.2. The Morgan fingerprint density at radius 1 is 0.946 bits per heavy atom. The van der Waals surface area contributed by atoms with Gasteiger partial charge in [-0.05, 0) is 69.6 Å². The fraction of sp³-hybridized carbons (Fsp3) is 0.955. The lowest BCUT2D eigenvalue weighted by atomic mass is 9.50. The van der Waals surface area contributed by atoms with Crippen molar-refractivity contribution < 1.29 is 62.3 Å². The summed E-state index contributed by atoms with van der Waals surface area (Å²) in [6, 6.07) is 0. The van der Waals surface area contributed by atoms with E-state index < -0.39 is 63.8 Å². The van der Waals surface area contributed by atoms with Gasteiger partial charge in [0.05, 0.1) is 19.8 Å². The van der Waals surface area contributed by atoms with E-state index in [1.807, 2.05) is 0 Å². The van der Waals surface area contributed by atoms with Crippen LogP contribution < -0.4 is 0 Å². The molecule has 1 heterocycles. The van der Waals surface area contributed by atoms with Crippen LogP contribution in [0.2, 0.25) is 0 Å². The number of ether oxygens (including phenoxy) is 3. The zero-order chi connectivity index (χ0) is 27.5. The summed E-state index contributed by atoms with van der Waals surface area (Å²) < 4.78 is 141. The van der Waals surface area contributed by atoms with Crippen LogP contribution in [0.15, 0.2) is 0 Å². The molecule has 1 saturated heterocycles. The van der Waals surface area contributed by atoms with Crippen LogP contribution in [0.4, 0.5) is 30.7 Å². The van der Waals surface area contributed by atoms with Gasteiger partial charge < -0.3 is 14.2 Å². The average molecular weight is 571 g/mol. The van der Waals surface area contributed by atoms with E-state index in [4.69, 9.17) is 9.47 Å². The van der Waals surface area contributed by atoms with Gasteiger partial charge in [0.15, 0.2) is 11.9 Å². The molecule has 5 fully saturated rings. The molecule has 5 rings (SSSR count). The van der Waals surface area contributed by atoms with Crippen LogP contribution in [0.5, 0.6) is 0 Å². The zero-order valence-electron chi connectivity index (χ0n) is 20.0. The predicted molar refractivity (Wildman–Crippen MR) is 111 cm³/mol. The van der Waals surface area contributed by atoms with E-state index in [0.717, 1.165) is 26.2 Å². The molecule has 15 heteroatoms. The van der Waals surface area contributed by atoms with E-state index in [2.05, 4.69) is 8.92 Å². The number of esters is 1. The molecule has 4 aliphatic carbocycles. The highest BCUT2D eigenvalue weighted by Gasteiger charge is 2.75. The highest BCUT2D eigenvalue weighted by atomic mass is 32.2.